The molecule has 64 heavy (non-hydrogen) atoms. The highest BCUT2D eigenvalue weighted by Crippen LogP contribution is 2.42. The highest BCUT2D eigenvalue weighted by Gasteiger charge is 2.41. The number of carboxylic acid groups (broad SMARTS) is 1. The van der Waals surface area contributed by atoms with E-state index < -0.39 is 50.4 Å². The third-order valence-electron chi connectivity index (χ3n) is 11.4. The maximum Gasteiger partial charge on any atom is 0.404 e. The zero-order chi connectivity index (χ0) is 46.3. The highest BCUT2D eigenvalue weighted by molar-refractivity contribution is 7.92. The van der Waals surface area contributed by atoms with Crippen LogP contribution < -0.4 is 25.4 Å². The van der Waals surface area contributed by atoms with Gasteiger partial charge in [0.25, 0.3) is 0 Å². The number of nitrogens with two attached hydrogens (primary N) is 1. The lowest BCUT2D eigenvalue weighted by Gasteiger charge is -2.39. The number of amides is 1. The Bertz CT molecular complexity index is 2600. The topological polar surface area (TPSA) is 224 Å². The van der Waals surface area contributed by atoms with Gasteiger partial charge in [0.15, 0.2) is 8.32 Å². The Morgan fingerprint density at radius 1 is 0.906 bits per heavy atom. The molecular formula is C44H57N9O8S2Si. The first-order valence-electron chi connectivity index (χ1n) is 20.7. The standard InChI is InChI=1S/C44H57N9O8S2Si/c1-44(2,3)64(5,6)61-37(26-46-43(54)55)27-47-62(56,57)39-22-21-38(51-24-23-35(25-45)28-51)40(42-48-50-53(49-42)31-34-17-19-36(60-4)20-18-34)41(39)63(58,59)52(29-32-13-9-7-10-14-32)30-33-15-11-8-12-16-33/h7-23,37,46-47H,24-31,45H2,1-6H3,(H,54,55). The number of ether oxygens (including phenoxy) is 1. The number of methoxy groups -OCH3 is 1. The largest absolute Gasteiger partial charge is 0.497 e. The molecule has 1 atom stereocenters. The molecule has 17 nitrogen and oxygen atoms in total. The van der Waals surface area contributed by atoms with Crippen LogP contribution in [0.25, 0.3) is 11.4 Å². The van der Waals surface area contributed by atoms with Gasteiger partial charge < -0.3 is 30.2 Å². The molecule has 5 aromatic rings. The summed E-state index contributed by atoms with van der Waals surface area (Å²) in [5, 5.41) is 25.0. The molecule has 1 unspecified atom stereocenters. The van der Waals surface area contributed by atoms with Crippen molar-refractivity contribution in [2.45, 2.75) is 74.4 Å². The van der Waals surface area contributed by atoms with E-state index in [2.05, 4.69) is 20.4 Å². The van der Waals surface area contributed by atoms with Gasteiger partial charge in [-0.2, -0.15) is 9.10 Å². The summed E-state index contributed by atoms with van der Waals surface area (Å²) in [7, 11) is -10.6. The lowest BCUT2D eigenvalue weighted by Crippen LogP contribution is -2.50. The Morgan fingerprint density at radius 2 is 1.53 bits per heavy atom. The van der Waals surface area contributed by atoms with Crippen LogP contribution in [0.3, 0.4) is 0 Å². The van der Waals surface area contributed by atoms with Crippen LogP contribution in [0.5, 0.6) is 5.75 Å². The fraction of sp³-hybridized carbons (Fsp3) is 0.364. The van der Waals surface area contributed by atoms with Crippen molar-refractivity contribution in [3.05, 3.63) is 125 Å². The number of benzene rings is 4. The molecule has 0 saturated carbocycles. The summed E-state index contributed by atoms with van der Waals surface area (Å²) in [5.41, 5.74) is 9.39. The smallest absolute Gasteiger partial charge is 0.404 e. The average Bonchev–Trinajstić information content (AvgIpc) is 3.94. The SMILES string of the molecule is COc1ccc(Cn2nnc(-c3c(N4CC=C(CN)C4)ccc(S(=O)(=O)NCC(CNC(=O)O)O[Si](C)(C)C(C)(C)C)c3S(=O)(=O)N(Cc3ccccc3)Cc3ccccc3)n2)cc1. The second kappa shape index (κ2) is 20.1. The van der Waals surface area contributed by atoms with Crippen molar-refractivity contribution in [2.24, 2.45) is 5.73 Å². The van der Waals surface area contributed by atoms with Crippen LogP contribution >= 0.6 is 0 Å². The number of anilines is 1. The van der Waals surface area contributed by atoms with E-state index in [1.165, 1.54) is 15.2 Å². The number of rotatable bonds is 20. The molecule has 4 aromatic carbocycles. The number of tetrazole rings is 1. The average molecular weight is 932 g/mol. The van der Waals surface area contributed by atoms with Gasteiger partial charge in [0.1, 0.15) is 15.5 Å². The molecule has 0 radical (unpaired) electrons. The number of sulfonamides is 2. The third kappa shape index (κ3) is 11.6. The van der Waals surface area contributed by atoms with E-state index in [-0.39, 0.29) is 55.7 Å². The van der Waals surface area contributed by atoms with Gasteiger partial charge in [-0.3, -0.25) is 0 Å². The Hall–Kier alpha value is -5.48. The zero-order valence-corrected chi connectivity index (χ0v) is 39.6. The molecule has 0 bridgehead atoms. The summed E-state index contributed by atoms with van der Waals surface area (Å²) >= 11 is 0. The van der Waals surface area contributed by atoms with Crippen molar-refractivity contribution in [1.29, 1.82) is 0 Å². The summed E-state index contributed by atoms with van der Waals surface area (Å²) in [6.07, 6.45) is -0.301. The van der Waals surface area contributed by atoms with Crippen molar-refractivity contribution >= 4 is 40.1 Å². The Kier molecular flexibility index (Phi) is 15.1. The predicted octanol–water partition coefficient (Wildman–Crippen LogP) is 5.43. The molecule has 1 aromatic heterocycles. The first-order chi connectivity index (χ1) is 30.3. The van der Waals surface area contributed by atoms with Gasteiger partial charge >= 0.3 is 6.09 Å². The Balaban J connectivity index is 1.56. The quantitative estimate of drug-likeness (QED) is 0.0565. The second-order valence-corrected chi connectivity index (χ2v) is 25.4. The van der Waals surface area contributed by atoms with E-state index in [9.17, 15) is 18.3 Å². The van der Waals surface area contributed by atoms with Crippen LogP contribution in [0.2, 0.25) is 18.1 Å². The van der Waals surface area contributed by atoms with Gasteiger partial charge in [-0.1, -0.05) is 99.6 Å². The minimum absolute atomic E-state index is 0.0664. The first kappa shape index (κ1) is 48.0. The number of aromatic nitrogens is 4. The maximum atomic E-state index is 15.9. The van der Waals surface area contributed by atoms with E-state index in [1.54, 1.807) is 73.8 Å². The van der Waals surface area contributed by atoms with Crippen LogP contribution in [0.1, 0.15) is 37.5 Å². The monoisotopic (exact) mass is 931 g/mol. The molecule has 1 aliphatic rings. The molecule has 5 N–H and O–H groups in total. The summed E-state index contributed by atoms with van der Waals surface area (Å²) in [6.45, 7) is 10.2. The van der Waals surface area contributed by atoms with Crippen molar-refractivity contribution in [2.75, 3.05) is 44.7 Å². The molecule has 0 fully saturated rings. The Morgan fingerprint density at radius 3 is 2.08 bits per heavy atom. The van der Waals surface area contributed by atoms with Crippen LogP contribution in [0, 0.1) is 0 Å². The number of hydrogen-bond donors (Lipinski definition) is 4. The van der Waals surface area contributed by atoms with Crippen molar-refractivity contribution in [1.82, 2.24) is 34.6 Å². The lowest BCUT2D eigenvalue weighted by atomic mass is 10.1. The van der Waals surface area contributed by atoms with Crippen LogP contribution in [-0.2, 0) is 44.1 Å². The van der Waals surface area contributed by atoms with Gasteiger partial charge in [0.05, 0.1) is 25.3 Å². The number of hydrogen-bond acceptors (Lipinski definition) is 12. The molecule has 1 amide bonds. The molecule has 0 spiro atoms. The molecule has 0 aliphatic carbocycles. The van der Waals surface area contributed by atoms with Gasteiger partial charge in [0, 0.05) is 51.5 Å². The van der Waals surface area contributed by atoms with E-state index in [1.807, 2.05) is 69.1 Å². The van der Waals surface area contributed by atoms with E-state index in [4.69, 9.17) is 20.0 Å². The fourth-order valence-electron chi connectivity index (χ4n) is 6.91. The van der Waals surface area contributed by atoms with Crippen molar-refractivity contribution < 1.29 is 35.9 Å². The molecular weight excluding hydrogens is 875 g/mol. The molecule has 6 rings (SSSR count). The highest BCUT2D eigenvalue weighted by atomic mass is 32.2. The van der Waals surface area contributed by atoms with Crippen LogP contribution in [0.15, 0.2) is 119 Å². The van der Waals surface area contributed by atoms with Crippen LogP contribution in [-0.4, -0.2) is 107 Å². The van der Waals surface area contributed by atoms with Crippen LogP contribution in [0.4, 0.5) is 10.5 Å². The lowest BCUT2D eigenvalue weighted by molar-refractivity contribution is 0.163. The molecule has 1 aliphatic heterocycles. The zero-order valence-electron chi connectivity index (χ0n) is 36.9. The summed E-state index contributed by atoms with van der Waals surface area (Å²) in [6, 6.07) is 28.1. The molecule has 0 saturated heterocycles. The normalized spacial score (nSPS) is 14.1. The van der Waals surface area contributed by atoms with Gasteiger partial charge in [-0.05, 0) is 69.9 Å². The molecule has 20 heteroatoms. The molecule has 342 valence electrons. The summed E-state index contributed by atoms with van der Waals surface area (Å²) in [4.78, 5) is 13.7. The van der Waals surface area contributed by atoms with E-state index in [0.29, 0.717) is 35.7 Å². The summed E-state index contributed by atoms with van der Waals surface area (Å²) in [5.74, 6) is 0.536. The third-order valence-corrected chi connectivity index (χ3v) is 19.4. The minimum atomic E-state index is -4.83. The Labute approximate surface area is 376 Å². The van der Waals surface area contributed by atoms with Gasteiger partial charge in [0.2, 0.25) is 25.9 Å². The van der Waals surface area contributed by atoms with Gasteiger partial charge in [-0.25, -0.2) is 26.4 Å². The van der Waals surface area contributed by atoms with E-state index >= 15 is 8.42 Å². The predicted molar refractivity (Wildman–Crippen MR) is 247 cm³/mol. The fourth-order valence-corrected chi connectivity index (χ4v) is 11.7. The number of nitrogens with zero attached hydrogens (tertiary/aromatic N) is 6. The molecule has 2 heterocycles. The number of nitrogens with one attached hydrogen (secondary N) is 2. The minimum Gasteiger partial charge on any atom is -0.497 e. The summed E-state index contributed by atoms with van der Waals surface area (Å²) < 4.78 is 77.3. The van der Waals surface area contributed by atoms with Crippen molar-refractivity contribution in [3.8, 4) is 17.1 Å². The van der Waals surface area contributed by atoms with Gasteiger partial charge in [-0.15, -0.1) is 10.2 Å². The van der Waals surface area contributed by atoms with Crippen molar-refractivity contribution in [3.63, 3.8) is 0 Å². The number of carbonyl (C=O) groups is 1. The maximum absolute atomic E-state index is 15.9. The van der Waals surface area contributed by atoms with E-state index in [0.717, 1.165) is 11.1 Å². The first-order valence-corrected chi connectivity index (χ1v) is 26.6. The second-order valence-electron chi connectivity index (χ2n) is 17.0.